The third kappa shape index (κ3) is 9.24. The van der Waals surface area contributed by atoms with Crippen LogP contribution in [0.2, 0.25) is 0 Å². The molecule has 0 aliphatic rings. The molecule has 52 heavy (non-hydrogen) atoms. The monoisotopic (exact) mass is 725 g/mol. The number of benzene rings is 5. The van der Waals surface area contributed by atoms with Crippen LogP contribution in [0.25, 0.3) is 17.3 Å². The Bertz CT molecular complexity index is 2240. The molecule has 10 nitrogen and oxygen atoms in total. The van der Waals surface area contributed by atoms with E-state index in [1.54, 1.807) is 48.5 Å². The molecule has 1 atom stereocenters. The fourth-order valence-corrected chi connectivity index (χ4v) is 6.85. The molecule has 1 heterocycles. The largest absolute Gasteiger partial charge is 0.321 e. The molecule has 0 bridgehead atoms. The van der Waals surface area contributed by atoms with Gasteiger partial charge in [0.15, 0.2) is 5.13 Å². The van der Waals surface area contributed by atoms with Gasteiger partial charge in [-0.15, -0.1) is 23.1 Å². The fourth-order valence-electron chi connectivity index (χ4n) is 5.04. The van der Waals surface area contributed by atoms with E-state index in [1.165, 1.54) is 53.4 Å². The highest BCUT2D eigenvalue weighted by Gasteiger charge is 2.24. The molecule has 6 aromatic rings. The highest BCUT2D eigenvalue weighted by atomic mass is 32.2. The summed E-state index contributed by atoms with van der Waals surface area (Å²) in [5.74, 6) is -1.38. The summed E-state index contributed by atoms with van der Waals surface area (Å²) in [6.07, 6.45) is 1.44. The van der Waals surface area contributed by atoms with Crippen LogP contribution in [-0.4, -0.2) is 27.6 Å². The molecule has 0 spiro atoms. The predicted octanol–water partition coefficient (Wildman–Crippen LogP) is 8.91. The molecule has 0 fully saturated rings. The molecule has 1 aromatic heterocycles. The van der Waals surface area contributed by atoms with Gasteiger partial charge in [-0.05, 0) is 66.6 Å². The van der Waals surface area contributed by atoms with E-state index in [1.807, 2.05) is 73.0 Å². The third-order valence-electron chi connectivity index (χ3n) is 7.71. The molecular weight excluding hydrogens is 695 g/mol. The Kier molecular flexibility index (Phi) is 11.3. The van der Waals surface area contributed by atoms with Crippen LogP contribution in [0.3, 0.4) is 0 Å². The summed E-state index contributed by atoms with van der Waals surface area (Å²) in [6.45, 7) is 2.02. The van der Waals surface area contributed by atoms with Crippen LogP contribution in [0.1, 0.15) is 32.3 Å². The highest BCUT2D eigenvalue weighted by molar-refractivity contribution is 8.00. The first-order valence-electron chi connectivity index (χ1n) is 16.0. The quantitative estimate of drug-likeness (QED) is 0.0495. The van der Waals surface area contributed by atoms with E-state index in [4.69, 9.17) is 0 Å². The number of nitrogens with one attached hydrogen (secondary N) is 3. The maximum atomic E-state index is 13.8. The average molecular weight is 726 g/mol. The summed E-state index contributed by atoms with van der Waals surface area (Å²) in [7, 11) is 0. The summed E-state index contributed by atoms with van der Waals surface area (Å²) >= 11 is 2.66. The van der Waals surface area contributed by atoms with E-state index in [0.29, 0.717) is 26.8 Å². The lowest BCUT2D eigenvalue weighted by Crippen LogP contribution is -2.30. The first-order valence-corrected chi connectivity index (χ1v) is 17.8. The maximum absolute atomic E-state index is 13.8. The fraction of sp³-hybridized carbons (Fsp3) is 0.0500. The zero-order valence-electron chi connectivity index (χ0n) is 27.7. The minimum absolute atomic E-state index is 0.0734. The Labute approximate surface area is 307 Å². The second-order valence-corrected chi connectivity index (χ2v) is 13.5. The van der Waals surface area contributed by atoms with Gasteiger partial charge in [0, 0.05) is 39.2 Å². The summed E-state index contributed by atoms with van der Waals surface area (Å²) < 4.78 is 0. The van der Waals surface area contributed by atoms with Gasteiger partial charge < -0.3 is 16.0 Å². The van der Waals surface area contributed by atoms with E-state index in [-0.39, 0.29) is 17.3 Å². The number of thioether (sulfide) groups is 1. The lowest BCUT2D eigenvalue weighted by molar-refractivity contribution is -0.384. The summed E-state index contributed by atoms with van der Waals surface area (Å²) in [5, 5.41) is 21.4. The topological polar surface area (TPSA) is 143 Å². The Hall–Kier alpha value is -6.37. The molecule has 6 rings (SSSR count). The SMILES string of the molecule is Cc1ccc(-c2csc(NC(=O)C(Sc3cccc(NC(=O)/C(=C\c4ccc([N+](=O)[O-])cc4)NC(=O)c4ccccc4)c3)c3ccccc3)n2)cc1. The van der Waals surface area contributed by atoms with Crippen molar-refractivity contribution in [1.29, 1.82) is 0 Å². The second kappa shape index (κ2) is 16.6. The number of hydrogen-bond acceptors (Lipinski definition) is 8. The van der Waals surface area contributed by atoms with E-state index < -0.39 is 22.0 Å². The number of thiazole rings is 1. The van der Waals surface area contributed by atoms with Crippen LogP contribution in [0, 0.1) is 17.0 Å². The van der Waals surface area contributed by atoms with Crippen molar-refractivity contribution < 1.29 is 19.3 Å². The number of aromatic nitrogens is 1. The van der Waals surface area contributed by atoms with Gasteiger partial charge in [0.05, 0.1) is 10.6 Å². The zero-order chi connectivity index (χ0) is 36.5. The Morgan fingerprint density at radius 3 is 2.21 bits per heavy atom. The molecule has 258 valence electrons. The molecule has 0 saturated heterocycles. The van der Waals surface area contributed by atoms with Crippen molar-refractivity contribution in [3.05, 3.63) is 177 Å². The Balaban J connectivity index is 1.21. The molecule has 0 radical (unpaired) electrons. The molecule has 12 heteroatoms. The van der Waals surface area contributed by atoms with Crippen LogP contribution >= 0.6 is 23.1 Å². The number of non-ortho nitro benzene ring substituents is 1. The smallest absolute Gasteiger partial charge is 0.272 e. The number of carbonyl (C=O) groups is 3. The first-order chi connectivity index (χ1) is 25.2. The van der Waals surface area contributed by atoms with Crippen molar-refractivity contribution in [1.82, 2.24) is 10.3 Å². The number of anilines is 2. The van der Waals surface area contributed by atoms with E-state index in [2.05, 4.69) is 20.9 Å². The van der Waals surface area contributed by atoms with Crippen molar-refractivity contribution >= 4 is 63.4 Å². The van der Waals surface area contributed by atoms with E-state index >= 15 is 0 Å². The number of amides is 3. The van der Waals surface area contributed by atoms with Gasteiger partial charge in [-0.2, -0.15) is 0 Å². The van der Waals surface area contributed by atoms with Gasteiger partial charge >= 0.3 is 0 Å². The van der Waals surface area contributed by atoms with Crippen LogP contribution in [-0.2, 0) is 9.59 Å². The normalized spacial score (nSPS) is 11.7. The van der Waals surface area contributed by atoms with Crippen molar-refractivity contribution in [2.24, 2.45) is 0 Å². The van der Waals surface area contributed by atoms with Crippen molar-refractivity contribution in [3.63, 3.8) is 0 Å². The lowest BCUT2D eigenvalue weighted by Gasteiger charge is -2.17. The molecular formula is C40H31N5O5S2. The molecule has 0 aliphatic heterocycles. The molecule has 3 amide bonds. The molecule has 5 aromatic carbocycles. The molecule has 0 saturated carbocycles. The summed E-state index contributed by atoms with van der Waals surface area (Å²) in [6, 6.07) is 38.5. The van der Waals surface area contributed by atoms with Crippen molar-refractivity contribution in [3.8, 4) is 11.3 Å². The zero-order valence-corrected chi connectivity index (χ0v) is 29.3. The van der Waals surface area contributed by atoms with Gasteiger partial charge in [-0.25, -0.2) is 4.98 Å². The number of nitro groups is 1. The van der Waals surface area contributed by atoms with Gasteiger partial charge in [0.25, 0.3) is 17.5 Å². The standard InChI is InChI=1S/C40H31N5O5S2/c1-26-15-19-28(20-16-26)35-25-51-40(43-35)44-39(48)36(29-9-4-2-5-10-29)52-33-14-8-13-31(24-33)41-38(47)34(42-37(46)30-11-6-3-7-12-30)23-27-17-21-32(22-18-27)45(49)50/h2-25,36H,1H3,(H,41,47)(H,42,46)(H,43,44,48)/b34-23+. The lowest BCUT2D eigenvalue weighted by atomic mass is 10.1. The van der Waals surface area contributed by atoms with Gasteiger partial charge in [-0.1, -0.05) is 84.4 Å². The van der Waals surface area contributed by atoms with Gasteiger partial charge in [0.2, 0.25) is 5.91 Å². The van der Waals surface area contributed by atoms with E-state index in [9.17, 15) is 24.5 Å². The number of hydrogen-bond donors (Lipinski definition) is 3. The number of nitrogens with zero attached hydrogens (tertiary/aromatic N) is 2. The van der Waals surface area contributed by atoms with Gasteiger partial charge in [-0.3, -0.25) is 24.5 Å². The molecule has 1 unspecified atom stereocenters. The van der Waals surface area contributed by atoms with Gasteiger partial charge in [0.1, 0.15) is 10.9 Å². The Morgan fingerprint density at radius 1 is 0.827 bits per heavy atom. The number of rotatable bonds is 12. The average Bonchev–Trinajstić information content (AvgIpc) is 3.63. The Morgan fingerprint density at radius 2 is 1.52 bits per heavy atom. The predicted molar refractivity (Wildman–Crippen MR) is 206 cm³/mol. The molecule has 3 N–H and O–H groups in total. The summed E-state index contributed by atoms with van der Waals surface area (Å²) in [4.78, 5) is 56.5. The summed E-state index contributed by atoms with van der Waals surface area (Å²) in [5.41, 5.74) is 4.72. The minimum Gasteiger partial charge on any atom is -0.321 e. The van der Waals surface area contributed by atoms with Crippen LogP contribution < -0.4 is 16.0 Å². The minimum atomic E-state index is -0.651. The van der Waals surface area contributed by atoms with Crippen molar-refractivity contribution in [2.75, 3.05) is 10.6 Å². The number of carbonyl (C=O) groups excluding carboxylic acids is 3. The number of nitro benzene ring substituents is 1. The van der Waals surface area contributed by atoms with Crippen LogP contribution in [0.5, 0.6) is 0 Å². The maximum Gasteiger partial charge on any atom is 0.272 e. The molecule has 0 aliphatic carbocycles. The third-order valence-corrected chi connectivity index (χ3v) is 9.72. The van der Waals surface area contributed by atoms with Crippen LogP contribution in [0.15, 0.2) is 149 Å². The van der Waals surface area contributed by atoms with Crippen molar-refractivity contribution in [2.45, 2.75) is 17.1 Å². The van der Waals surface area contributed by atoms with Crippen LogP contribution in [0.4, 0.5) is 16.5 Å². The van der Waals surface area contributed by atoms with E-state index in [0.717, 1.165) is 22.4 Å². The first kappa shape index (κ1) is 35.5. The second-order valence-electron chi connectivity index (χ2n) is 11.5. The highest BCUT2D eigenvalue weighted by Crippen LogP contribution is 2.38. The number of aryl methyl sites for hydroxylation is 1.